The van der Waals surface area contributed by atoms with Crippen molar-refractivity contribution in [3.05, 3.63) is 10.5 Å². The van der Waals surface area contributed by atoms with Crippen LogP contribution in [0.15, 0.2) is 4.79 Å². The molecule has 4 atom stereocenters. The lowest BCUT2D eigenvalue weighted by Gasteiger charge is -2.22. The number of hydrogen-bond acceptors (Lipinski definition) is 10. The Labute approximate surface area is 190 Å². The van der Waals surface area contributed by atoms with Crippen molar-refractivity contribution in [2.45, 2.75) is 70.9 Å². The molecule has 3 rings (SSSR count). The molecule has 2 aromatic rings. The maximum absolute atomic E-state index is 13.3. The molecule has 0 aromatic carbocycles. The number of alkyl halides is 3. The summed E-state index contributed by atoms with van der Waals surface area (Å²) in [6.45, 7) is 2.40. The Morgan fingerprint density at radius 2 is 1.94 bits per heavy atom. The molecule has 0 spiro atoms. The highest BCUT2D eigenvalue weighted by Gasteiger charge is 2.45. The third-order valence-corrected chi connectivity index (χ3v) is 5.12. The quantitative estimate of drug-likeness (QED) is 0.562. The largest absolute Gasteiger partial charge is 0.479 e. The minimum Gasteiger partial charge on any atom is -0.479 e. The molecule has 188 valence electrons. The normalized spacial score (nSPS) is 21.4. The molecule has 0 aliphatic carbocycles. The number of nitrogen functional groups attached to an aromatic ring is 1. The van der Waals surface area contributed by atoms with Crippen LogP contribution in [0.2, 0.25) is 0 Å². The molecule has 0 amide bonds. The Morgan fingerprint density at radius 1 is 1.26 bits per heavy atom. The number of fused-ring (bicyclic) bond motifs is 1. The second-order valence-corrected chi connectivity index (χ2v) is 7.62. The van der Waals surface area contributed by atoms with Gasteiger partial charge in [0.05, 0.1) is 7.11 Å². The Kier molecular flexibility index (Phi) is 7.05. The molecule has 1 fully saturated rings. The Balaban J connectivity index is 2.21. The molecule has 0 unspecified atom stereocenters. The van der Waals surface area contributed by atoms with E-state index in [9.17, 15) is 27.6 Å². The third kappa shape index (κ3) is 5.08. The zero-order valence-corrected chi connectivity index (χ0v) is 18.8. The van der Waals surface area contributed by atoms with Crippen molar-refractivity contribution in [1.82, 2.24) is 19.1 Å². The molecule has 1 saturated heterocycles. The maximum Gasteiger partial charge on any atom is 0.406 e. The molecule has 15 heteroatoms. The van der Waals surface area contributed by atoms with Crippen molar-refractivity contribution in [2.24, 2.45) is 0 Å². The predicted molar refractivity (Wildman–Crippen MR) is 109 cm³/mol. The number of esters is 2. The van der Waals surface area contributed by atoms with Gasteiger partial charge < -0.3 is 24.7 Å². The van der Waals surface area contributed by atoms with Gasteiger partial charge in [0.2, 0.25) is 11.8 Å². The standard InChI is InChI=1S/C19H24F3N5O7/c1-5-10(32-8(2)28)11-6-12(33-9(3)29)16(34-11)27-14-13(15(31-4)25-17(23)24-14)26(18(27)30)7-19(20,21)22/h10-12,16H,5-7H2,1-4H3,(H2,23,24,25)/t10-,11-,12+,16+/m0/s1. The van der Waals surface area contributed by atoms with Crippen LogP contribution in [0, 0.1) is 0 Å². The number of methoxy groups -OCH3 is 1. The second-order valence-electron chi connectivity index (χ2n) is 7.62. The summed E-state index contributed by atoms with van der Waals surface area (Å²) in [5.74, 6) is -2.01. The molecule has 34 heavy (non-hydrogen) atoms. The minimum atomic E-state index is -4.77. The van der Waals surface area contributed by atoms with E-state index in [4.69, 9.17) is 24.7 Å². The van der Waals surface area contributed by atoms with Gasteiger partial charge in [-0.2, -0.15) is 23.1 Å². The summed E-state index contributed by atoms with van der Waals surface area (Å²) >= 11 is 0. The van der Waals surface area contributed by atoms with Crippen LogP contribution in [-0.4, -0.2) is 62.6 Å². The molecule has 2 aromatic heterocycles. The highest BCUT2D eigenvalue weighted by Crippen LogP contribution is 2.37. The summed E-state index contributed by atoms with van der Waals surface area (Å²) in [4.78, 5) is 44.2. The van der Waals surface area contributed by atoms with Gasteiger partial charge in [-0.05, 0) is 6.42 Å². The van der Waals surface area contributed by atoms with E-state index in [1.54, 1.807) is 6.92 Å². The van der Waals surface area contributed by atoms with Gasteiger partial charge in [0.1, 0.15) is 24.9 Å². The molecule has 0 bridgehead atoms. The number of nitrogens with two attached hydrogens (primary N) is 1. The number of anilines is 1. The molecular formula is C19H24F3N5O7. The lowest BCUT2D eigenvalue weighted by atomic mass is 10.1. The fraction of sp³-hybridized carbons (Fsp3) is 0.632. The number of nitrogens with zero attached hydrogens (tertiary/aromatic N) is 4. The number of hydrogen-bond donors (Lipinski definition) is 1. The Bertz CT molecular complexity index is 1150. The predicted octanol–water partition coefficient (Wildman–Crippen LogP) is 1.31. The smallest absolute Gasteiger partial charge is 0.406 e. The van der Waals surface area contributed by atoms with E-state index in [2.05, 4.69) is 9.97 Å². The monoisotopic (exact) mass is 491 g/mol. The van der Waals surface area contributed by atoms with Crippen molar-refractivity contribution in [1.29, 1.82) is 0 Å². The lowest BCUT2D eigenvalue weighted by Crippen LogP contribution is -2.35. The van der Waals surface area contributed by atoms with Gasteiger partial charge in [0.25, 0.3) is 0 Å². The summed E-state index contributed by atoms with van der Waals surface area (Å²) in [5, 5.41) is 0. The summed E-state index contributed by atoms with van der Waals surface area (Å²) in [6.07, 6.45) is -8.50. The van der Waals surface area contributed by atoms with E-state index < -0.39 is 54.9 Å². The highest BCUT2D eigenvalue weighted by atomic mass is 19.4. The number of carbonyl (C=O) groups is 2. The van der Waals surface area contributed by atoms with E-state index in [-0.39, 0.29) is 29.4 Å². The minimum absolute atomic E-state index is 0.00607. The summed E-state index contributed by atoms with van der Waals surface area (Å²) in [6, 6.07) is 0. The fourth-order valence-electron chi connectivity index (χ4n) is 3.95. The average molecular weight is 491 g/mol. The molecule has 1 aliphatic heterocycles. The Hall–Kier alpha value is -3.36. The van der Waals surface area contributed by atoms with Gasteiger partial charge in [-0.15, -0.1) is 0 Å². The first kappa shape index (κ1) is 25.3. The number of ether oxygens (including phenoxy) is 4. The van der Waals surface area contributed by atoms with Crippen LogP contribution < -0.4 is 16.2 Å². The van der Waals surface area contributed by atoms with Gasteiger partial charge in [-0.3, -0.25) is 14.2 Å². The van der Waals surface area contributed by atoms with Crippen LogP contribution in [0.25, 0.3) is 11.2 Å². The molecular weight excluding hydrogens is 467 g/mol. The number of imidazole rings is 1. The SMILES string of the molecule is CC[C@H](OC(C)=O)[C@@H]1C[C@@H](OC(C)=O)[C@H](n2c(=O)n(CC(F)(F)F)c3c(OC)nc(N)nc32)O1. The van der Waals surface area contributed by atoms with Gasteiger partial charge in [-0.1, -0.05) is 6.92 Å². The van der Waals surface area contributed by atoms with E-state index >= 15 is 0 Å². The number of halogens is 3. The summed E-state index contributed by atoms with van der Waals surface area (Å²) < 4.78 is 62.7. The summed E-state index contributed by atoms with van der Waals surface area (Å²) in [7, 11) is 1.15. The van der Waals surface area contributed by atoms with Crippen LogP contribution in [-0.2, 0) is 30.3 Å². The lowest BCUT2D eigenvalue weighted by molar-refractivity contribution is -0.158. The number of carbonyl (C=O) groups excluding carboxylic acids is 2. The topological polar surface area (TPSA) is 150 Å². The Morgan fingerprint density at radius 3 is 2.47 bits per heavy atom. The van der Waals surface area contributed by atoms with Crippen molar-refractivity contribution in [2.75, 3.05) is 12.8 Å². The molecule has 3 heterocycles. The third-order valence-electron chi connectivity index (χ3n) is 5.12. The summed E-state index contributed by atoms with van der Waals surface area (Å²) in [5.41, 5.74) is 3.87. The number of aromatic nitrogens is 4. The van der Waals surface area contributed by atoms with Gasteiger partial charge in [-0.25, -0.2) is 9.36 Å². The van der Waals surface area contributed by atoms with Crippen LogP contribution in [0.1, 0.15) is 39.8 Å². The molecule has 2 N–H and O–H groups in total. The maximum atomic E-state index is 13.3. The first-order chi connectivity index (χ1) is 15.9. The van der Waals surface area contributed by atoms with Crippen molar-refractivity contribution < 1.29 is 41.7 Å². The highest BCUT2D eigenvalue weighted by molar-refractivity contribution is 5.78. The average Bonchev–Trinajstić information content (AvgIpc) is 3.22. The zero-order chi connectivity index (χ0) is 25.4. The van der Waals surface area contributed by atoms with E-state index in [1.165, 1.54) is 6.92 Å². The first-order valence-corrected chi connectivity index (χ1v) is 10.2. The van der Waals surface area contributed by atoms with Gasteiger partial charge in [0, 0.05) is 20.3 Å². The van der Waals surface area contributed by atoms with Crippen LogP contribution in [0.3, 0.4) is 0 Å². The zero-order valence-electron chi connectivity index (χ0n) is 18.8. The van der Waals surface area contributed by atoms with Crippen LogP contribution >= 0.6 is 0 Å². The second kappa shape index (κ2) is 9.48. The molecule has 0 saturated carbocycles. The molecule has 1 aliphatic rings. The van der Waals surface area contributed by atoms with Gasteiger partial charge >= 0.3 is 23.8 Å². The van der Waals surface area contributed by atoms with E-state index in [0.29, 0.717) is 11.0 Å². The van der Waals surface area contributed by atoms with Crippen LogP contribution in [0.5, 0.6) is 5.88 Å². The van der Waals surface area contributed by atoms with Crippen molar-refractivity contribution >= 4 is 29.1 Å². The van der Waals surface area contributed by atoms with Crippen molar-refractivity contribution in [3.63, 3.8) is 0 Å². The molecule has 0 radical (unpaired) electrons. The van der Waals surface area contributed by atoms with Gasteiger partial charge in [0.15, 0.2) is 17.4 Å². The molecule has 12 nitrogen and oxygen atoms in total. The number of rotatable bonds is 7. The van der Waals surface area contributed by atoms with Crippen LogP contribution in [0.4, 0.5) is 19.1 Å². The fourth-order valence-corrected chi connectivity index (χ4v) is 3.95. The van der Waals surface area contributed by atoms with Crippen molar-refractivity contribution in [3.8, 4) is 5.88 Å². The first-order valence-electron chi connectivity index (χ1n) is 10.2. The van der Waals surface area contributed by atoms with E-state index in [1.807, 2.05) is 0 Å². The van der Waals surface area contributed by atoms with E-state index in [0.717, 1.165) is 18.6 Å².